The van der Waals surface area contributed by atoms with Gasteiger partial charge in [-0.05, 0) is 36.1 Å². The Labute approximate surface area is 116 Å². The van der Waals surface area contributed by atoms with Gasteiger partial charge in [0.15, 0.2) is 0 Å². The molecule has 4 heteroatoms. The number of hydrogen-bond acceptors (Lipinski definition) is 1. The van der Waals surface area contributed by atoms with Crippen LogP contribution in [0.2, 0.25) is 0 Å². The molecule has 0 aliphatic heterocycles. The second kappa shape index (κ2) is 5.95. The number of benzene rings is 1. The fraction of sp³-hybridized carbons (Fsp3) is 0.467. The highest BCUT2D eigenvalue weighted by atomic mass is 32.2. The molecule has 1 aromatic heterocycles. The first-order valence-corrected chi connectivity index (χ1v) is 7.50. The zero-order valence-corrected chi connectivity index (χ0v) is 12.3. The van der Waals surface area contributed by atoms with Gasteiger partial charge in [-0.3, -0.25) is 0 Å². The smallest absolute Gasteiger partial charge is 0.288 e. The van der Waals surface area contributed by atoms with E-state index >= 15 is 0 Å². The van der Waals surface area contributed by atoms with Crippen LogP contribution < -0.4 is 0 Å². The minimum atomic E-state index is -2.37. The lowest BCUT2D eigenvalue weighted by atomic mass is 10.00. The average molecular weight is 283 g/mol. The van der Waals surface area contributed by atoms with Crippen molar-refractivity contribution in [1.82, 2.24) is 4.98 Å². The van der Waals surface area contributed by atoms with E-state index in [9.17, 15) is 8.78 Å². The van der Waals surface area contributed by atoms with Crippen LogP contribution in [0.1, 0.15) is 44.4 Å². The predicted octanol–water partition coefficient (Wildman–Crippen LogP) is 5.56. The lowest BCUT2D eigenvalue weighted by molar-refractivity contribution is 0.252. The Morgan fingerprint density at radius 3 is 2.58 bits per heavy atom. The number of thioether (sulfide) groups is 1. The zero-order valence-electron chi connectivity index (χ0n) is 11.5. The Morgan fingerprint density at radius 2 is 2.00 bits per heavy atom. The van der Waals surface area contributed by atoms with E-state index in [4.69, 9.17) is 0 Å². The summed E-state index contributed by atoms with van der Waals surface area (Å²) in [6.07, 6.45) is 2.04. The van der Waals surface area contributed by atoms with E-state index in [1.165, 1.54) is 11.3 Å². The lowest BCUT2D eigenvalue weighted by Gasteiger charge is -2.06. The molecule has 2 aromatic rings. The molecule has 0 saturated heterocycles. The maximum absolute atomic E-state index is 12.5. The summed E-state index contributed by atoms with van der Waals surface area (Å²) in [5.74, 6) is -1.95. The molecule has 0 atom stereocenters. The maximum Gasteiger partial charge on any atom is 0.288 e. The summed E-state index contributed by atoms with van der Waals surface area (Å²) in [6, 6.07) is 5.56. The highest BCUT2D eigenvalue weighted by molar-refractivity contribution is 7.99. The van der Waals surface area contributed by atoms with Crippen molar-refractivity contribution in [1.29, 1.82) is 0 Å². The van der Waals surface area contributed by atoms with Gasteiger partial charge in [0, 0.05) is 21.5 Å². The molecule has 0 aliphatic rings. The standard InChI is InChI=1S/C15H19F2NS/c1-4-5-11-12-8-10(19-15(16)17)6-7-13(12)18-14(11)9(2)3/h6-9,15,18H,4-5H2,1-3H3. The van der Waals surface area contributed by atoms with E-state index in [-0.39, 0.29) is 0 Å². The van der Waals surface area contributed by atoms with Crippen molar-refractivity contribution in [3.05, 3.63) is 29.5 Å². The molecule has 0 bridgehead atoms. The van der Waals surface area contributed by atoms with Crippen LogP contribution in [-0.4, -0.2) is 10.7 Å². The Morgan fingerprint density at radius 1 is 1.26 bits per heavy atom. The molecular weight excluding hydrogens is 264 g/mol. The molecule has 19 heavy (non-hydrogen) atoms. The third-order valence-electron chi connectivity index (χ3n) is 3.21. The van der Waals surface area contributed by atoms with E-state index in [1.807, 2.05) is 12.1 Å². The van der Waals surface area contributed by atoms with Gasteiger partial charge < -0.3 is 4.98 Å². The zero-order chi connectivity index (χ0) is 14.0. The number of aromatic nitrogens is 1. The molecule has 0 fully saturated rings. The largest absolute Gasteiger partial charge is 0.358 e. The summed E-state index contributed by atoms with van der Waals surface area (Å²) in [5, 5.41) is 1.09. The van der Waals surface area contributed by atoms with Gasteiger partial charge in [-0.2, -0.15) is 8.78 Å². The van der Waals surface area contributed by atoms with Crippen molar-refractivity contribution in [2.24, 2.45) is 0 Å². The van der Waals surface area contributed by atoms with E-state index in [2.05, 4.69) is 25.8 Å². The molecule has 1 heterocycles. The molecule has 0 spiro atoms. The van der Waals surface area contributed by atoms with Crippen molar-refractivity contribution in [2.45, 2.75) is 50.2 Å². The van der Waals surface area contributed by atoms with Crippen LogP contribution in [0.4, 0.5) is 8.78 Å². The van der Waals surface area contributed by atoms with Crippen LogP contribution in [0.15, 0.2) is 23.1 Å². The van der Waals surface area contributed by atoms with Crippen molar-refractivity contribution in [3.8, 4) is 0 Å². The predicted molar refractivity (Wildman–Crippen MR) is 78.2 cm³/mol. The summed E-state index contributed by atoms with van der Waals surface area (Å²) in [4.78, 5) is 4.07. The molecule has 1 nitrogen and oxygen atoms in total. The third kappa shape index (κ3) is 3.11. The number of aryl methyl sites for hydroxylation is 1. The molecule has 0 radical (unpaired) electrons. The molecule has 0 amide bonds. The van der Waals surface area contributed by atoms with Crippen molar-refractivity contribution < 1.29 is 8.78 Å². The van der Waals surface area contributed by atoms with Gasteiger partial charge in [-0.15, -0.1) is 0 Å². The van der Waals surface area contributed by atoms with Gasteiger partial charge in [0.05, 0.1) is 0 Å². The molecule has 0 aliphatic carbocycles. The first-order valence-electron chi connectivity index (χ1n) is 6.62. The van der Waals surface area contributed by atoms with Crippen LogP contribution in [0.5, 0.6) is 0 Å². The number of fused-ring (bicyclic) bond motifs is 1. The minimum absolute atomic E-state index is 0.417. The Bertz CT molecular complexity index is 561. The van der Waals surface area contributed by atoms with Crippen LogP contribution in [0, 0.1) is 0 Å². The second-order valence-electron chi connectivity index (χ2n) is 5.01. The van der Waals surface area contributed by atoms with Crippen LogP contribution >= 0.6 is 11.8 Å². The second-order valence-corrected chi connectivity index (χ2v) is 6.07. The highest BCUT2D eigenvalue weighted by Gasteiger charge is 2.14. The monoisotopic (exact) mass is 283 g/mol. The maximum atomic E-state index is 12.5. The molecule has 104 valence electrons. The van der Waals surface area contributed by atoms with Crippen molar-refractivity contribution in [3.63, 3.8) is 0 Å². The number of H-pyrrole nitrogens is 1. The summed E-state index contributed by atoms with van der Waals surface area (Å²) >= 11 is 0.610. The highest BCUT2D eigenvalue weighted by Crippen LogP contribution is 2.33. The molecule has 0 saturated carbocycles. The van der Waals surface area contributed by atoms with E-state index in [0.29, 0.717) is 22.6 Å². The number of alkyl halides is 2. The lowest BCUT2D eigenvalue weighted by Crippen LogP contribution is -1.93. The Hall–Kier alpha value is -1.03. The van der Waals surface area contributed by atoms with Gasteiger partial charge >= 0.3 is 0 Å². The first kappa shape index (κ1) is 14.4. The number of rotatable bonds is 5. The SMILES string of the molecule is CCCc1c(C(C)C)[nH]c2ccc(SC(F)F)cc12. The molecule has 0 unspecified atom stereocenters. The molecular formula is C15H19F2NS. The number of halogens is 2. The quantitative estimate of drug-likeness (QED) is 0.710. The van der Waals surface area contributed by atoms with E-state index < -0.39 is 5.76 Å². The molecule has 1 aromatic carbocycles. The van der Waals surface area contributed by atoms with Crippen LogP contribution in [0.25, 0.3) is 10.9 Å². The summed E-state index contributed by atoms with van der Waals surface area (Å²) in [6.45, 7) is 6.44. The molecule has 1 N–H and O–H groups in total. The van der Waals surface area contributed by atoms with Gasteiger partial charge in [0.2, 0.25) is 0 Å². The Balaban J connectivity index is 2.52. The van der Waals surface area contributed by atoms with Crippen molar-refractivity contribution in [2.75, 3.05) is 0 Å². The fourth-order valence-electron chi connectivity index (χ4n) is 2.44. The third-order valence-corrected chi connectivity index (χ3v) is 3.92. The summed E-state index contributed by atoms with van der Waals surface area (Å²) in [5.41, 5.74) is 3.56. The van der Waals surface area contributed by atoms with Gasteiger partial charge in [-0.25, -0.2) is 0 Å². The van der Waals surface area contributed by atoms with Crippen LogP contribution in [-0.2, 0) is 6.42 Å². The van der Waals surface area contributed by atoms with Gasteiger partial charge in [-0.1, -0.05) is 39.0 Å². The Kier molecular flexibility index (Phi) is 4.50. The van der Waals surface area contributed by atoms with Gasteiger partial charge in [0.25, 0.3) is 5.76 Å². The van der Waals surface area contributed by atoms with Crippen molar-refractivity contribution >= 4 is 22.7 Å². The van der Waals surface area contributed by atoms with E-state index in [1.54, 1.807) is 6.07 Å². The first-order chi connectivity index (χ1) is 9.02. The van der Waals surface area contributed by atoms with E-state index in [0.717, 1.165) is 23.7 Å². The van der Waals surface area contributed by atoms with Crippen LogP contribution in [0.3, 0.4) is 0 Å². The number of hydrogen-bond donors (Lipinski definition) is 1. The number of aromatic amines is 1. The normalized spacial score (nSPS) is 11.9. The average Bonchev–Trinajstić information content (AvgIpc) is 2.68. The summed E-state index contributed by atoms with van der Waals surface area (Å²) in [7, 11) is 0. The number of nitrogens with one attached hydrogen (secondary N) is 1. The molecule has 2 rings (SSSR count). The fourth-order valence-corrected chi connectivity index (χ4v) is 2.97. The van der Waals surface area contributed by atoms with Gasteiger partial charge in [0.1, 0.15) is 0 Å². The topological polar surface area (TPSA) is 15.8 Å². The minimum Gasteiger partial charge on any atom is -0.358 e. The summed E-state index contributed by atoms with van der Waals surface area (Å²) < 4.78 is 24.9.